The predicted molar refractivity (Wildman–Crippen MR) is 131 cm³/mol. The Morgan fingerprint density at radius 3 is 2.60 bits per heavy atom. The van der Waals surface area contributed by atoms with Crippen molar-refractivity contribution in [3.05, 3.63) is 35.7 Å². The van der Waals surface area contributed by atoms with Crippen molar-refractivity contribution in [3.8, 4) is 0 Å². The second kappa shape index (κ2) is 9.94. The first kappa shape index (κ1) is 24.9. The van der Waals surface area contributed by atoms with Gasteiger partial charge >= 0.3 is 6.18 Å². The minimum Gasteiger partial charge on any atom is -0.381 e. The molecule has 1 aromatic heterocycles. The quantitative estimate of drug-likeness (QED) is 0.394. The average molecular weight is 510 g/mol. The first-order chi connectivity index (χ1) is 16.7. The Balaban J connectivity index is 1.12. The van der Waals surface area contributed by atoms with Crippen LogP contribution in [0.5, 0.6) is 0 Å². The number of hydrogen-bond acceptors (Lipinski definition) is 6. The summed E-state index contributed by atoms with van der Waals surface area (Å²) in [5, 5.41) is 9.86. The molecule has 0 aliphatic carbocycles. The maximum atomic E-state index is 13.0. The highest BCUT2D eigenvalue weighted by Crippen LogP contribution is 2.45. The van der Waals surface area contributed by atoms with E-state index in [4.69, 9.17) is 4.74 Å². The highest BCUT2D eigenvalue weighted by molar-refractivity contribution is 7.99. The molecule has 35 heavy (non-hydrogen) atoms. The van der Waals surface area contributed by atoms with Crippen LogP contribution in [0.4, 0.5) is 18.9 Å². The van der Waals surface area contributed by atoms with Crippen molar-refractivity contribution < 1.29 is 17.9 Å². The van der Waals surface area contributed by atoms with Crippen LogP contribution in [0, 0.1) is 5.41 Å². The molecule has 2 atom stereocenters. The Kier molecular flexibility index (Phi) is 7.07. The van der Waals surface area contributed by atoms with Crippen molar-refractivity contribution >= 4 is 17.4 Å². The molecule has 3 saturated heterocycles. The van der Waals surface area contributed by atoms with Crippen molar-refractivity contribution in [1.29, 1.82) is 0 Å². The van der Waals surface area contributed by atoms with Crippen LogP contribution >= 0.6 is 11.8 Å². The number of benzene rings is 1. The Morgan fingerprint density at radius 2 is 1.89 bits per heavy atom. The molecule has 6 nitrogen and oxygen atoms in total. The van der Waals surface area contributed by atoms with E-state index in [1.165, 1.54) is 12.1 Å². The summed E-state index contributed by atoms with van der Waals surface area (Å²) in [6.45, 7) is 7.84. The van der Waals surface area contributed by atoms with E-state index in [9.17, 15) is 13.2 Å². The number of anilines is 1. The monoisotopic (exact) mass is 509 g/mol. The molecule has 3 fully saturated rings. The fourth-order valence-corrected chi connectivity index (χ4v) is 6.78. The van der Waals surface area contributed by atoms with Gasteiger partial charge in [-0.1, -0.05) is 18.7 Å². The average Bonchev–Trinajstić information content (AvgIpc) is 3.47. The lowest BCUT2D eigenvalue weighted by atomic mass is 9.85. The zero-order chi connectivity index (χ0) is 24.6. The van der Waals surface area contributed by atoms with Gasteiger partial charge in [0.25, 0.3) is 0 Å². The Bertz CT molecular complexity index is 1010. The zero-order valence-corrected chi connectivity index (χ0v) is 21.2. The normalized spacial score (nSPS) is 26.0. The van der Waals surface area contributed by atoms with Crippen LogP contribution in [0.2, 0.25) is 0 Å². The van der Waals surface area contributed by atoms with E-state index in [0.717, 1.165) is 87.5 Å². The number of nitrogens with zero attached hydrogens (tertiary/aromatic N) is 5. The lowest BCUT2D eigenvalue weighted by Gasteiger charge is -2.30. The van der Waals surface area contributed by atoms with Crippen molar-refractivity contribution in [1.82, 2.24) is 19.7 Å². The lowest BCUT2D eigenvalue weighted by Crippen LogP contribution is -2.37. The molecule has 3 aliphatic heterocycles. The van der Waals surface area contributed by atoms with Gasteiger partial charge in [-0.3, -0.25) is 0 Å². The molecule has 0 spiro atoms. The molecular formula is C25H34F3N5OS. The van der Waals surface area contributed by atoms with Gasteiger partial charge in [-0.05, 0) is 56.5 Å². The molecule has 0 saturated carbocycles. The largest absolute Gasteiger partial charge is 0.416 e. The number of aromatic nitrogens is 3. The van der Waals surface area contributed by atoms with E-state index in [-0.39, 0.29) is 5.41 Å². The van der Waals surface area contributed by atoms with E-state index < -0.39 is 11.7 Å². The van der Waals surface area contributed by atoms with E-state index >= 15 is 0 Å². The van der Waals surface area contributed by atoms with Crippen LogP contribution in [-0.4, -0.2) is 70.9 Å². The summed E-state index contributed by atoms with van der Waals surface area (Å²) in [7, 11) is 2.06. The summed E-state index contributed by atoms with van der Waals surface area (Å²) in [5.41, 5.74) is 0.487. The minimum atomic E-state index is -4.29. The third-order valence-corrected chi connectivity index (χ3v) is 9.06. The number of likely N-dealkylation sites (tertiary alicyclic amines) is 1. The van der Waals surface area contributed by atoms with Gasteiger partial charge in [-0.2, -0.15) is 13.2 Å². The molecule has 0 N–H and O–H groups in total. The third-order valence-electron chi connectivity index (χ3n) is 7.95. The summed E-state index contributed by atoms with van der Waals surface area (Å²) < 4.78 is 46.5. The smallest absolute Gasteiger partial charge is 0.381 e. The van der Waals surface area contributed by atoms with Crippen molar-refractivity contribution in [2.24, 2.45) is 12.5 Å². The second-order valence-electron chi connectivity index (χ2n) is 10.4. The van der Waals surface area contributed by atoms with Gasteiger partial charge in [0, 0.05) is 68.7 Å². The fourth-order valence-electron chi connectivity index (χ4n) is 5.93. The minimum absolute atomic E-state index is 0.179. The van der Waals surface area contributed by atoms with Gasteiger partial charge in [-0.15, -0.1) is 10.2 Å². The van der Waals surface area contributed by atoms with Gasteiger partial charge in [0.2, 0.25) is 0 Å². The summed E-state index contributed by atoms with van der Waals surface area (Å²) in [5.74, 6) is 2.49. The SMILES string of the molecule is Cn1c(SCCCN2C[C@@H]3N(c4ccc(C(F)(F)F)cc4)CC[C@]3(C)C2)nnc1C1CCOCC1. The molecule has 192 valence electrons. The summed E-state index contributed by atoms with van der Waals surface area (Å²) in [4.78, 5) is 4.83. The number of thioether (sulfide) groups is 1. The van der Waals surface area contributed by atoms with Crippen LogP contribution in [0.15, 0.2) is 29.4 Å². The molecule has 1 aromatic carbocycles. The van der Waals surface area contributed by atoms with E-state index in [2.05, 4.69) is 38.5 Å². The molecule has 0 radical (unpaired) electrons. The van der Waals surface area contributed by atoms with Crippen LogP contribution in [0.3, 0.4) is 0 Å². The van der Waals surface area contributed by atoms with Crippen LogP contribution < -0.4 is 4.90 Å². The van der Waals surface area contributed by atoms with Crippen LogP contribution in [0.1, 0.15) is 49.9 Å². The number of fused-ring (bicyclic) bond motifs is 1. The maximum absolute atomic E-state index is 13.0. The predicted octanol–water partition coefficient (Wildman–Crippen LogP) is 4.81. The third kappa shape index (κ3) is 5.20. The number of rotatable bonds is 7. The first-order valence-corrected chi connectivity index (χ1v) is 13.5. The van der Waals surface area contributed by atoms with Gasteiger partial charge in [0.1, 0.15) is 5.82 Å². The molecule has 0 bridgehead atoms. The molecule has 5 rings (SSSR count). The van der Waals surface area contributed by atoms with E-state index in [0.29, 0.717) is 12.0 Å². The summed E-state index contributed by atoms with van der Waals surface area (Å²) in [6.07, 6.45) is -0.146. The van der Waals surface area contributed by atoms with Crippen LogP contribution in [0.25, 0.3) is 0 Å². The Labute approximate surface area is 209 Å². The Morgan fingerprint density at radius 1 is 1.14 bits per heavy atom. The van der Waals surface area contributed by atoms with Gasteiger partial charge in [-0.25, -0.2) is 0 Å². The molecule has 0 amide bonds. The summed E-state index contributed by atoms with van der Waals surface area (Å²) >= 11 is 1.77. The molecule has 0 unspecified atom stereocenters. The molecule has 3 aliphatic rings. The van der Waals surface area contributed by atoms with Gasteiger partial charge < -0.3 is 19.1 Å². The van der Waals surface area contributed by atoms with Crippen molar-refractivity contribution in [2.75, 3.05) is 50.0 Å². The Hall–Kier alpha value is -1.78. The molecular weight excluding hydrogens is 475 g/mol. The fraction of sp³-hybridized carbons (Fsp3) is 0.680. The summed E-state index contributed by atoms with van der Waals surface area (Å²) in [6, 6.07) is 6.00. The van der Waals surface area contributed by atoms with Crippen molar-refractivity contribution in [2.45, 2.75) is 55.9 Å². The molecule has 2 aromatic rings. The number of halogens is 3. The maximum Gasteiger partial charge on any atom is 0.416 e. The highest BCUT2D eigenvalue weighted by atomic mass is 32.2. The van der Waals surface area contributed by atoms with Gasteiger partial charge in [0.05, 0.1) is 5.56 Å². The van der Waals surface area contributed by atoms with E-state index in [1.54, 1.807) is 23.9 Å². The standard InChI is InChI=1S/C25H34F3N5OS/c1-24-10-12-33(20-6-4-19(5-7-20)25(26,27)28)21(24)16-32(17-24)11-3-15-35-23-30-29-22(31(23)2)18-8-13-34-14-9-18/h4-7,18,21H,3,8-17H2,1-2H3/t21-,24+/m0/s1. The first-order valence-electron chi connectivity index (χ1n) is 12.5. The number of alkyl halides is 3. The van der Waals surface area contributed by atoms with Gasteiger partial charge in [0.15, 0.2) is 5.16 Å². The van der Waals surface area contributed by atoms with Crippen molar-refractivity contribution in [3.63, 3.8) is 0 Å². The highest BCUT2D eigenvalue weighted by Gasteiger charge is 2.50. The lowest BCUT2D eigenvalue weighted by molar-refractivity contribution is -0.137. The van der Waals surface area contributed by atoms with Crippen LogP contribution in [-0.2, 0) is 18.0 Å². The zero-order valence-electron chi connectivity index (χ0n) is 20.4. The topological polar surface area (TPSA) is 46.4 Å². The number of ether oxygens (including phenoxy) is 1. The van der Waals surface area contributed by atoms with E-state index in [1.807, 2.05) is 0 Å². The molecule has 4 heterocycles. The number of hydrogen-bond donors (Lipinski definition) is 0. The second-order valence-corrected chi connectivity index (χ2v) is 11.4. The molecule has 10 heteroatoms.